The fraction of sp³-hybridized carbons (Fsp3) is 0.188. The average molecular weight is 234 g/mol. The van der Waals surface area contributed by atoms with E-state index in [4.69, 9.17) is 5.11 Å². The summed E-state index contributed by atoms with van der Waals surface area (Å²) in [6, 6.07) is 6.36. The fourth-order valence-electron chi connectivity index (χ4n) is 1.23. The molecular weight excluding hydrogens is 224 g/mol. The molecule has 0 spiro atoms. The summed E-state index contributed by atoms with van der Waals surface area (Å²) in [7, 11) is 0. The molecule has 86 valence electrons. The number of hydrogen-bond donors (Lipinski definition) is 1. The van der Waals surface area contributed by atoms with E-state index in [-0.39, 0.29) is 5.56 Å². The summed E-state index contributed by atoms with van der Waals surface area (Å²) in [6.45, 7) is 0. The van der Waals surface area contributed by atoms with E-state index in [2.05, 4.69) is 35.5 Å². The van der Waals surface area contributed by atoms with Gasteiger partial charge in [0.1, 0.15) is 0 Å². The molecule has 0 heterocycles. The van der Waals surface area contributed by atoms with Crippen LogP contribution in [0, 0.1) is 41.4 Å². The zero-order valence-corrected chi connectivity index (χ0v) is 9.66. The summed E-state index contributed by atoms with van der Waals surface area (Å²) >= 11 is 0. The fourth-order valence-corrected chi connectivity index (χ4v) is 1.23. The van der Waals surface area contributed by atoms with Crippen LogP contribution >= 0.6 is 0 Å². The topological polar surface area (TPSA) is 37.3 Å². The summed E-state index contributed by atoms with van der Waals surface area (Å²) in [5, 5.41) is 8.73. The molecule has 2 nitrogen and oxygen atoms in total. The Morgan fingerprint density at radius 2 is 1.72 bits per heavy atom. The largest absolute Gasteiger partial charge is 0.478 e. The van der Waals surface area contributed by atoms with Gasteiger partial charge in [-0.1, -0.05) is 11.8 Å². The summed E-state index contributed by atoms with van der Waals surface area (Å²) in [5.41, 5.74) is 0.992. The molecule has 0 aliphatic heterocycles. The monoisotopic (exact) mass is 234 g/mol. The van der Waals surface area contributed by atoms with Crippen molar-refractivity contribution in [2.45, 2.75) is 12.8 Å². The van der Waals surface area contributed by atoms with E-state index in [9.17, 15) is 4.79 Å². The second-order valence-electron chi connectivity index (χ2n) is 3.93. The van der Waals surface area contributed by atoms with Gasteiger partial charge in [-0.25, -0.2) is 4.79 Å². The van der Waals surface area contributed by atoms with Crippen LogP contribution in [0.25, 0.3) is 0 Å². The van der Waals surface area contributed by atoms with E-state index in [1.165, 1.54) is 25.0 Å². The van der Waals surface area contributed by atoms with Crippen molar-refractivity contribution in [3.8, 4) is 35.5 Å². The van der Waals surface area contributed by atoms with Crippen molar-refractivity contribution in [2.75, 3.05) is 0 Å². The summed E-state index contributed by atoms with van der Waals surface area (Å²) in [5.74, 6) is 16.2. The molecule has 0 unspecified atom stereocenters. The maximum absolute atomic E-state index is 10.6. The molecule has 18 heavy (non-hydrogen) atoms. The highest BCUT2D eigenvalue weighted by atomic mass is 16.4. The van der Waals surface area contributed by atoms with Crippen molar-refractivity contribution < 1.29 is 9.90 Å². The second-order valence-corrected chi connectivity index (χ2v) is 3.93. The molecule has 0 aromatic heterocycles. The Bertz CT molecular complexity index is 630. The smallest absolute Gasteiger partial charge is 0.335 e. The standard InChI is InChI=1S/C16H10O2/c17-16(18)15-11-9-14(10-12-15)6-4-2-1-3-5-13-7-8-13/h9-13H,7-8H2,(H,17,18). The van der Waals surface area contributed by atoms with E-state index in [1.54, 1.807) is 12.1 Å². The van der Waals surface area contributed by atoms with Gasteiger partial charge in [-0.3, -0.25) is 0 Å². The first-order valence-electron chi connectivity index (χ1n) is 5.60. The quantitative estimate of drug-likeness (QED) is 0.756. The molecule has 0 bridgehead atoms. The van der Waals surface area contributed by atoms with E-state index in [0.717, 1.165) is 5.56 Å². The van der Waals surface area contributed by atoms with Gasteiger partial charge < -0.3 is 5.11 Å². The highest BCUT2D eigenvalue weighted by Crippen LogP contribution is 2.27. The van der Waals surface area contributed by atoms with Crippen molar-refractivity contribution in [3.63, 3.8) is 0 Å². The molecule has 2 rings (SSSR count). The van der Waals surface area contributed by atoms with Crippen LogP contribution in [0.4, 0.5) is 0 Å². The highest BCUT2D eigenvalue weighted by Gasteiger charge is 2.17. The van der Waals surface area contributed by atoms with Crippen molar-refractivity contribution in [1.82, 2.24) is 0 Å². The van der Waals surface area contributed by atoms with E-state index < -0.39 is 5.97 Å². The van der Waals surface area contributed by atoms with Crippen LogP contribution in [0.15, 0.2) is 24.3 Å². The maximum Gasteiger partial charge on any atom is 0.335 e. The van der Waals surface area contributed by atoms with Gasteiger partial charge in [-0.05, 0) is 60.8 Å². The van der Waals surface area contributed by atoms with Gasteiger partial charge in [0.05, 0.1) is 5.56 Å². The summed E-state index contributed by atoms with van der Waals surface area (Å²) in [6.07, 6.45) is 2.38. The first-order chi connectivity index (χ1) is 8.75. The second kappa shape index (κ2) is 5.62. The number of hydrogen-bond acceptors (Lipinski definition) is 1. The van der Waals surface area contributed by atoms with Gasteiger partial charge in [0.15, 0.2) is 0 Å². The zero-order chi connectivity index (χ0) is 12.8. The molecular formula is C16H10O2. The van der Waals surface area contributed by atoms with Crippen LogP contribution in [0.5, 0.6) is 0 Å². The molecule has 1 N–H and O–H groups in total. The van der Waals surface area contributed by atoms with Gasteiger partial charge in [0.2, 0.25) is 0 Å². The zero-order valence-electron chi connectivity index (χ0n) is 9.66. The Balaban J connectivity index is 1.97. The average Bonchev–Trinajstić information content (AvgIpc) is 3.18. The lowest BCUT2D eigenvalue weighted by atomic mass is 10.1. The molecule has 1 fully saturated rings. The molecule has 1 aliphatic carbocycles. The normalized spacial score (nSPS) is 12.0. The van der Waals surface area contributed by atoms with Crippen LogP contribution < -0.4 is 0 Å². The Hall–Kier alpha value is -2.63. The summed E-state index contributed by atoms with van der Waals surface area (Å²) in [4.78, 5) is 10.6. The first kappa shape index (κ1) is 11.8. The van der Waals surface area contributed by atoms with Crippen LogP contribution in [0.1, 0.15) is 28.8 Å². The van der Waals surface area contributed by atoms with Crippen molar-refractivity contribution in [2.24, 2.45) is 5.92 Å². The van der Waals surface area contributed by atoms with Gasteiger partial charge >= 0.3 is 5.97 Å². The Morgan fingerprint density at radius 3 is 2.33 bits per heavy atom. The van der Waals surface area contributed by atoms with Gasteiger partial charge in [-0.15, -0.1) is 0 Å². The van der Waals surface area contributed by atoms with Crippen molar-refractivity contribution in [3.05, 3.63) is 35.4 Å². The molecule has 1 aromatic rings. The first-order valence-corrected chi connectivity index (χ1v) is 5.60. The van der Waals surface area contributed by atoms with E-state index in [0.29, 0.717) is 5.92 Å². The Kier molecular flexibility index (Phi) is 3.70. The number of carbonyl (C=O) groups is 1. The molecule has 1 aliphatic rings. The number of aromatic carboxylic acids is 1. The predicted molar refractivity (Wildman–Crippen MR) is 68.6 cm³/mol. The van der Waals surface area contributed by atoms with Crippen LogP contribution in [-0.4, -0.2) is 11.1 Å². The highest BCUT2D eigenvalue weighted by molar-refractivity contribution is 5.87. The third kappa shape index (κ3) is 3.75. The van der Waals surface area contributed by atoms with E-state index in [1.807, 2.05) is 0 Å². The molecule has 0 radical (unpaired) electrons. The van der Waals surface area contributed by atoms with Crippen LogP contribution in [0.2, 0.25) is 0 Å². The molecule has 0 saturated heterocycles. The van der Waals surface area contributed by atoms with Gasteiger partial charge in [-0.2, -0.15) is 0 Å². The molecule has 0 atom stereocenters. The third-order valence-corrected chi connectivity index (χ3v) is 2.38. The van der Waals surface area contributed by atoms with Crippen LogP contribution in [-0.2, 0) is 0 Å². The van der Waals surface area contributed by atoms with E-state index >= 15 is 0 Å². The lowest BCUT2D eigenvalue weighted by molar-refractivity contribution is 0.0697. The predicted octanol–water partition coefficient (Wildman–Crippen LogP) is 2.15. The van der Waals surface area contributed by atoms with Crippen molar-refractivity contribution in [1.29, 1.82) is 0 Å². The minimum Gasteiger partial charge on any atom is -0.478 e. The summed E-state index contributed by atoms with van der Waals surface area (Å²) < 4.78 is 0. The lowest BCUT2D eigenvalue weighted by Gasteiger charge is -1.92. The number of carboxylic acid groups (broad SMARTS) is 1. The number of rotatable bonds is 1. The molecule has 1 saturated carbocycles. The number of benzene rings is 1. The minimum atomic E-state index is -0.940. The number of carboxylic acids is 1. The SMILES string of the molecule is O=C(O)c1ccc(C#CC#CC#CC2CC2)cc1. The van der Waals surface area contributed by atoms with Gasteiger partial charge in [0.25, 0.3) is 0 Å². The van der Waals surface area contributed by atoms with Crippen molar-refractivity contribution >= 4 is 5.97 Å². The molecule has 1 aromatic carbocycles. The Morgan fingerprint density at radius 1 is 1.06 bits per heavy atom. The lowest BCUT2D eigenvalue weighted by Crippen LogP contribution is -1.94. The Labute approximate surface area is 106 Å². The third-order valence-electron chi connectivity index (χ3n) is 2.38. The van der Waals surface area contributed by atoms with Crippen LogP contribution in [0.3, 0.4) is 0 Å². The minimum absolute atomic E-state index is 0.252. The van der Waals surface area contributed by atoms with Gasteiger partial charge in [0, 0.05) is 11.5 Å². The molecule has 2 heteroatoms. The maximum atomic E-state index is 10.6. The molecule has 0 amide bonds.